The molecule has 0 aliphatic heterocycles. The molecule has 0 aliphatic carbocycles. The number of aldehydes is 1. The van der Waals surface area contributed by atoms with E-state index in [-0.39, 0.29) is 11.0 Å². The summed E-state index contributed by atoms with van der Waals surface area (Å²) in [5, 5.41) is 4.27. The van der Waals surface area contributed by atoms with Gasteiger partial charge in [-0.25, -0.2) is 9.07 Å². The number of benzene rings is 1. The first-order chi connectivity index (χ1) is 7.63. The maximum Gasteiger partial charge on any atom is 0.155 e. The van der Waals surface area contributed by atoms with Gasteiger partial charge in [-0.05, 0) is 25.1 Å². The number of hydrogen-bond donors (Lipinski definition) is 0. The molecular formula is C11H8ClFN2O. The van der Waals surface area contributed by atoms with E-state index in [1.54, 1.807) is 19.1 Å². The first-order valence-corrected chi connectivity index (χ1v) is 4.97. The van der Waals surface area contributed by atoms with Crippen molar-refractivity contribution in [3.05, 3.63) is 46.5 Å². The van der Waals surface area contributed by atoms with Crippen LogP contribution in [0.5, 0.6) is 0 Å². The van der Waals surface area contributed by atoms with E-state index in [0.29, 0.717) is 23.2 Å². The molecule has 0 atom stereocenters. The van der Waals surface area contributed by atoms with Gasteiger partial charge in [-0.1, -0.05) is 17.7 Å². The quantitative estimate of drug-likeness (QED) is 0.754. The largest absolute Gasteiger partial charge is 0.298 e. The Morgan fingerprint density at radius 3 is 2.81 bits per heavy atom. The summed E-state index contributed by atoms with van der Waals surface area (Å²) in [5.74, 6) is -0.380. The molecule has 0 radical (unpaired) electrons. The molecular weight excluding hydrogens is 231 g/mol. The zero-order chi connectivity index (χ0) is 11.7. The molecule has 0 N–H and O–H groups in total. The minimum Gasteiger partial charge on any atom is -0.298 e. The average Bonchev–Trinajstić information content (AvgIpc) is 2.54. The van der Waals surface area contributed by atoms with Crippen LogP contribution in [-0.2, 0) is 0 Å². The molecule has 5 heteroatoms. The smallest absolute Gasteiger partial charge is 0.155 e. The van der Waals surface area contributed by atoms with Gasteiger partial charge < -0.3 is 0 Å². The highest BCUT2D eigenvalue weighted by Crippen LogP contribution is 2.22. The van der Waals surface area contributed by atoms with Crippen LogP contribution in [-0.4, -0.2) is 16.1 Å². The molecule has 0 aliphatic rings. The van der Waals surface area contributed by atoms with Gasteiger partial charge in [0, 0.05) is 0 Å². The molecule has 0 amide bonds. The van der Waals surface area contributed by atoms with Crippen molar-refractivity contribution in [2.75, 3.05) is 0 Å². The third-order valence-corrected chi connectivity index (χ3v) is 2.58. The molecule has 0 saturated carbocycles. The minimum atomic E-state index is -0.380. The molecule has 2 aromatic rings. The average molecular weight is 239 g/mol. The van der Waals surface area contributed by atoms with Gasteiger partial charge >= 0.3 is 0 Å². The van der Waals surface area contributed by atoms with Crippen LogP contribution in [0.1, 0.15) is 16.1 Å². The standard InChI is InChI=1S/C11H8ClFN2O/c1-7-10(6-16)11(12)15(14-7)9-4-2-3-8(13)5-9/h2-6H,1H3. The van der Waals surface area contributed by atoms with Crippen LogP contribution >= 0.6 is 11.6 Å². The summed E-state index contributed by atoms with van der Waals surface area (Å²) in [4.78, 5) is 10.7. The number of carbonyl (C=O) groups excluding carboxylic acids is 1. The van der Waals surface area contributed by atoms with E-state index in [1.807, 2.05) is 0 Å². The highest BCUT2D eigenvalue weighted by Gasteiger charge is 2.13. The van der Waals surface area contributed by atoms with Gasteiger partial charge in [0.25, 0.3) is 0 Å². The molecule has 82 valence electrons. The summed E-state index contributed by atoms with van der Waals surface area (Å²) >= 11 is 5.96. The van der Waals surface area contributed by atoms with Crippen LogP contribution < -0.4 is 0 Å². The van der Waals surface area contributed by atoms with Crippen molar-refractivity contribution in [1.82, 2.24) is 9.78 Å². The lowest BCUT2D eigenvalue weighted by Gasteiger charge is -2.02. The van der Waals surface area contributed by atoms with Gasteiger partial charge in [0.15, 0.2) is 6.29 Å². The third-order valence-electron chi connectivity index (χ3n) is 2.22. The molecule has 1 aromatic heterocycles. The van der Waals surface area contributed by atoms with Crippen LogP contribution in [0.3, 0.4) is 0 Å². The maximum absolute atomic E-state index is 13.0. The van der Waals surface area contributed by atoms with Gasteiger partial charge in [-0.15, -0.1) is 0 Å². The number of rotatable bonds is 2. The second kappa shape index (κ2) is 4.06. The van der Waals surface area contributed by atoms with Crippen LogP contribution in [0.15, 0.2) is 24.3 Å². The lowest BCUT2D eigenvalue weighted by Crippen LogP contribution is -1.97. The molecule has 2 rings (SSSR count). The van der Waals surface area contributed by atoms with Crippen molar-refractivity contribution in [1.29, 1.82) is 0 Å². The van der Waals surface area contributed by atoms with E-state index < -0.39 is 0 Å². The topological polar surface area (TPSA) is 34.9 Å². The summed E-state index contributed by atoms with van der Waals surface area (Å²) in [7, 11) is 0. The Balaban J connectivity index is 2.61. The van der Waals surface area contributed by atoms with Crippen molar-refractivity contribution < 1.29 is 9.18 Å². The molecule has 0 unspecified atom stereocenters. The zero-order valence-corrected chi connectivity index (χ0v) is 9.20. The number of carbonyl (C=O) groups is 1. The fourth-order valence-corrected chi connectivity index (χ4v) is 1.74. The normalized spacial score (nSPS) is 10.4. The summed E-state index contributed by atoms with van der Waals surface area (Å²) in [5.41, 5.74) is 1.33. The van der Waals surface area contributed by atoms with Gasteiger partial charge in [0.2, 0.25) is 0 Å². The highest BCUT2D eigenvalue weighted by atomic mass is 35.5. The minimum absolute atomic E-state index is 0.193. The predicted molar refractivity (Wildman–Crippen MR) is 58.7 cm³/mol. The first-order valence-electron chi connectivity index (χ1n) is 4.59. The Bertz CT molecular complexity index is 551. The van der Waals surface area contributed by atoms with E-state index in [2.05, 4.69) is 5.10 Å². The van der Waals surface area contributed by atoms with Crippen molar-refractivity contribution in [3.63, 3.8) is 0 Å². The molecule has 0 bridgehead atoms. The molecule has 1 aromatic carbocycles. The number of aromatic nitrogens is 2. The Morgan fingerprint density at radius 2 is 2.25 bits per heavy atom. The van der Waals surface area contributed by atoms with Crippen LogP contribution in [0.4, 0.5) is 4.39 Å². The van der Waals surface area contributed by atoms with Crippen molar-refractivity contribution in [2.45, 2.75) is 6.92 Å². The van der Waals surface area contributed by atoms with Crippen molar-refractivity contribution in [2.24, 2.45) is 0 Å². The summed E-state index contributed by atoms with van der Waals surface area (Å²) < 4.78 is 14.4. The van der Waals surface area contributed by atoms with Crippen molar-refractivity contribution in [3.8, 4) is 5.69 Å². The molecule has 16 heavy (non-hydrogen) atoms. The summed E-state index contributed by atoms with van der Waals surface area (Å²) in [6.45, 7) is 1.67. The second-order valence-corrected chi connectivity index (χ2v) is 3.66. The Labute approximate surface area is 96.5 Å². The number of hydrogen-bond acceptors (Lipinski definition) is 2. The predicted octanol–water partition coefficient (Wildman–Crippen LogP) is 2.79. The molecule has 3 nitrogen and oxygen atoms in total. The van der Waals surface area contributed by atoms with E-state index in [9.17, 15) is 9.18 Å². The first kappa shape index (κ1) is 10.8. The van der Waals surface area contributed by atoms with E-state index >= 15 is 0 Å². The SMILES string of the molecule is Cc1nn(-c2cccc(F)c2)c(Cl)c1C=O. The van der Waals surface area contributed by atoms with E-state index in [1.165, 1.54) is 16.8 Å². The van der Waals surface area contributed by atoms with Crippen LogP contribution in [0.2, 0.25) is 5.15 Å². The molecule has 0 saturated heterocycles. The third kappa shape index (κ3) is 1.72. The summed E-state index contributed by atoms with van der Waals surface area (Å²) in [6.07, 6.45) is 0.639. The Kier molecular flexibility index (Phi) is 2.75. The van der Waals surface area contributed by atoms with Gasteiger partial charge in [0.05, 0.1) is 16.9 Å². The number of nitrogens with zero attached hydrogens (tertiary/aromatic N) is 2. The number of aryl methyl sites for hydroxylation is 1. The fraction of sp³-hybridized carbons (Fsp3) is 0.0909. The van der Waals surface area contributed by atoms with Crippen molar-refractivity contribution >= 4 is 17.9 Å². The number of halogens is 2. The fourth-order valence-electron chi connectivity index (χ4n) is 1.42. The molecule has 0 fully saturated rings. The Morgan fingerprint density at radius 1 is 1.50 bits per heavy atom. The highest BCUT2D eigenvalue weighted by molar-refractivity contribution is 6.32. The van der Waals surface area contributed by atoms with Gasteiger partial charge in [-0.2, -0.15) is 5.10 Å². The molecule has 0 spiro atoms. The lowest BCUT2D eigenvalue weighted by molar-refractivity contribution is 0.112. The monoisotopic (exact) mass is 238 g/mol. The van der Waals surface area contributed by atoms with E-state index in [0.717, 1.165) is 0 Å². The zero-order valence-electron chi connectivity index (χ0n) is 8.45. The van der Waals surface area contributed by atoms with Gasteiger partial charge in [-0.3, -0.25) is 4.79 Å². The lowest BCUT2D eigenvalue weighted by atomic mass is 10.3. The Hall–Kier alpha value is -1.68. The summed E-state index contributed by atoms with van der Waals surface area (Å²) in [6, 6.07) is 5.84. The van der Waals surface area contributed by atoms with Crippen LogP contribution in [0.25, 0.3) is 5.69 Å². The van der Waals surface area contributed by atoms with E-state index in [4.69, 9.17) is 11.6 Å². The van der Waals surface area contributed by atoms with Crippen LogP contribution in [0, 0.1) is 12.7 Å². The second-order valence-electron chi connectivity index (χ2n) is 3.30. The molecule has 1 heterocycles. The maximum atomic E-state index is 13.0. The van der Waals surface area contributed by atoms with Gasteiger partial charge in [0.1, 0.15) is 11.0 Å².